The van der Waals surface area contributed by atoms with Gasteiger partial charge >= 0.3 is 0 Å². The lowest BCUT2D eigenvalue weighted by Gasteiger charge is -2.16. The van der Waals surface area contributed by atoms with Crippen LogP contribution in [0.3, 0.4) is 0 Å². The molecule has 1 aliphatic carbocycles. The van der Waals surface area contributed by atoms with E-state index in [0.717, 1.165) is 19.3 Å². The van der Waals surface area contributed by atoms with Crippen molar-refractivity contribution in [1.29, 1.82) is 0 Å². The van der Waals surface area contributed by atoms with Gasteiger partial charge in [-0.15, -0.1) is 23.7 Å². The second-order valence-electron chi connectivity index (χ2n) is 4.75. The first-order valence-corrected chi connectivity index (χ1v) is 6.46. The van der Waals surface area contributed by atoms with Gasteiger partial charge in [0.2, 0.25) is 5.91 Å². The smallest absolute Gasteiger partial charge is 0.240 e. The monoisotopic (exact) mass is 274 g/mol. The van der Waals surface area contributed by atoms with E-state index in [-0.39, 0.29) is 24.4 Å². The van der Waals surface area contributed by atoms with Crippen LogP contribution in [0, 0.1) is 6.92 Å². The lowest BCUT2D eigenvalue weighted by Crippen LogP contribution is -2.46. The summed E-state index contributed by atoms with van der Waals surface area (Å²) >= 11 is 1.78. The van der Waals surface area contributed by atoms with Crippen molar-refractivity contribution < 1.29 is 4.79 Å². The molecule has 1 amide bonds. The van der Waals surface area contributed by atoms with Crippen molar-refractivity contribution in [2.24, 2.45) is 5.73 Å². The number of hydrogen-bond acceptors (Lipinski definition) is 3. The van der Waals surface area contributed by atoms with E-state index in [1.54, 1.807) is 11.3 Å². The fraction of sp³-hybridized carbons (Fsp3) is 0.583. The quantitative estimate of drug-likeness (QED) is 0.883. The zero-order valence-electron chi connectivity index (χ0n) is 10.2. The van der Waals surface area contributed by atoms with Crippen LogP contribution in [0.1, 0.15) is 29.5 Å². The van der Waals surface area contributed by atoms with Crippen molar-refractivity contribution >= 4 is 29.7 Å². The van der Waals surface area contributed by atoms with E-state index >= 15 is 0 Å². The summed E-state index contributed by atoms with van der Waals surface area (Å²) in [6.07, 6.45) is 2.54. The first-order valence-electron chi connectivity index (χ1n) is 5.65. The van der Waals surface area contributed by atoms with E-state index in [1.807, 2.05) is 6.92 Å². The molecule has 0 radical (unpaired) electrons. The van der Waals surface area contributed by atoms with Gasteiger partial charge in [0.1, 0.15) is 0 Å². The highest BCUT2D eigenvalue weighted by Crippen LogP contribution is 2.32. The number of hydrogen-bond donors (Lipinski definition) is 2. The molecule has 0 spiro atoms. The van der Waals surface area contributed by atoms with Crippen molar-refractivity contribution in [3.05, 3.63) is 21.9 Å². The third-order valence-corrected chi connectivity index (χ3v) is 3.94. The van der Waals surface area contributed by atoms with Crippen molar-refractivity contribution in [3.63, 3.8) is 0 Å². The van der Waals surface area contributed by atoms with Crippen LogP contribution in [0.15, 0.2) is 12.1 Å². The fourth-order valence-electron chi connectivity index (χ4n) is 1.68. The van der Waals surface area contributed by atoms with Gasteiger partial charge in [-0.2, -0.15) is 0 Å². The van der Waals surface area contributed by atoms with E-state index in [2.05, 4.69) is 24.4 Å². The SMILES string of the molecule is Cc1ccc(CC(C)NC(=O)C2(N)CC2)s1.Cl. The Hall–Kier alpha value is -0.580. The maximum absolute atomic E-state index is 11.7. The molecule has 0 aromatic carbocycles. The van der Waals surface area contributed by atoms with Gasteiger partial charge in [0.25, 0.3) is 0 Å². The summed E-state index contributed by atoms with van der Waals surface area (Å²) in [5.41, 5.74) is 5.27. The Labute approximate surface area is 112 Å². The van der Waals surface area contributed by atoms with Crippen LogP contribution >= 0.6 is 23.7 Å². The number of nitrogens with two attached hydrogens (primary N) is 1. The normalized spacial score (nSPS) is 18.1. The Morgan fingerprint density at radius 3 is 2.71 bits per heavy atom. The Bertz CT molecular complexity index is 401. The molecule has 3 N–H and O–H groups in total. The summed E-state index contributed by atoms with van der Waals surface area (Å²) in [5, 5.41) is 2.98. The minimum Gasteiger partial charge on any atom is -0.352 e. The summed E-state index contributed by atoms with van der Waals surface area (Å²) in [6, 6.07) is 4.39. The molecule has 1 atom stereocenters. The molecule has 1 aromatic rings. The third kappa shape index (κ3) is 3.69. The van der Waals surface area contributed by atoms with Gasteiger partial charge in [-0.05, 0) is 38.8 Å². The molecule has 0 saturated heterocycles. The summed E-state index contributed by atoms with van der Waals surface area (Å²) in [5.74, 6) is 0.00766. The Morgan fingerprint density at radius 1 is 1.59 bits per heavy atom. The van der Waals surface area contributed by atoms with Crippen LogP contribution in [0.5, 0.6) is 0 Å². The molecular formula is C12H19ClN2OS. The number of amides is 1. The summed E-state index contributed by atoms with van der Waals surface area (Å²) in [4.78, 5) is 14.3. The van der Waals surface area contributed by atoms with Crippen LogP contribution in [0.4, 0.5) is 0 Å². The first kappa shape index (κ1) is 14.5. The zero-order valence-corrected chi connectivity index (χ0v) is 11.8. The fourth-order valence-corrected chi connectivity index (χ4v) is 2.70. The molecule has 1 fully saturated rings. The van der Waals surface area contributed by atoms with Crippen molar-refractivity contribution in [2.75, 3.05) is 0 Å². The van der Waals surface area contributed by atoms with Gasteiger partial charge in [0, 0.05) is 22.2 Å². The number of nitrogens with one attached hydrogen (secondary N) is 1. The van der Waals surface area contributed by atoms with Crippen molar-refractivity contribution in [3.8, 4) is 0 Å². The molecule has 96 valence electrons. The van der Waals surface area contributed by atoms with Crippen LogP contribution in [0.25, 0.3) is 0 Å². The molecule has 1 aromatic heterocycles. The average molecular weight is 275 g/mol. The maximum atomic E-state index is 11.7. The second-order valence-corrected chi connectivity index (χ2v) is 6.12. The van der Waals surface area contributed by atoms with Gasteiger partial charge in [0.15, 0.2) is 0 Å². The van der Waals surface area contributed by atoms with Gasteiger partial charge < -0.3 is 11.1 Å². The predicted molar refractivity (Wildman–Crippen MR) is 73.8 cm³/mol. The van der Waals surface area contributed by atoms with E-state index in [4.69, 9.17) is 5.73 Å². The predicted octanol–water partition coefficient (Wildman–Crippen LogP) is 2.02. The van der Waals surface area contributed by atoms with Crippen LogP contribution in [0.2, 0.25) is 0 Å². The molecule has 1 heterocycles. The molecule has 1 saturated carbocycles. The lowest BCUT2D eigenvalue weighted by molar-refractivity contribution is -0.123. The molecular weight excluding hydrogens is 256 g/mol. The summed E-state index contributed by atoms with van der Waals surface area (Å²) < 4.78 is 0. The highest BCUT2D eigenvalue weighted by atomic mass is 35.5. The minimum absolute atomic E-state index is 0. The summed E-state index contributed by atoms with van der Waals surface area (Å²) in [6.45, 7) is 4.12. The molecule has 17 heavy (non-hydrogen) atoms. The van der Waals surface area contributed by atoms with Gasteiger partial charge in [-0.25, -0.2) is 0 Å². The number of thiophene rings is 1. The lowest BCUT2D eigenvalue weighted by atomic mass is 10.2. The second kappa shape index (κ2) is 5.38. The first-order chi connectivity index (χ1) is 7.49. The topological polar surface area (TPSA) is 55.1 Å². The van der Waals surface area contributed by atoms with Gasteiger partial charge in [-0.1, -0.05) is 0 Å². The number of carbonyl (C=O) groups is 1. The van der Waals surface area contributed by atoms with Crippen LogP contribution in [-0.4, -0.2) is 17.5 Å². The van der Waals surface area contributed by atoms with Crippen LogP contribution in [-0.2, 0) is 11.2 Å². The number of halogens is 1. The molecule has 2 rings (SSSR count). The van der Waals surface area contributed by atoms with Crippen molar-refractivity contribution in [2.45, 2.75) is 44.7 Å². The van der Waals surface area contributed by atoms with Crippen LogP contribution < -0.4 is 11.1 Å². The zero-order chi connectivity index (χ0) is 11.8. The highest BCUT2D eigenvalue weighted by Gasteiger charge is 2.46. The molecule has 1 unspecified atom stereocenters. The molecule has 1 aliphatic rings. The Balaban J connectivity index is 0.00000144. The Kier molecular flexibility index (Phi) is 4.58. The van der Waals surface area contributed by atoms with E-state index < -0.39 is 5.54 Å². The Morgan fingerprint density at radius 2 is 2.24 bits per heavy atom. The van der Waals surface area contributed by atoms with E-state index in [9.17, 15) is 4.79 Å². The number of aryl methyl sites for hydroxylation is 1. The van der Waals surface area contributed by atoms with Gasteiger partial charge in [-0.3, -0.25) is 4.79 Å². The third-order valence-electron chi connectivity index (χ3n) is 2.92. The van der Waals surface area contributed by atoms with E-state index in [0.29, 0.717) is 0 Å². The molecule has 5 heteroatoms. The largest absolute Gasteiger partial charge is 0.352 e. The average Bonchev–Trinajstić information content (AvgIpc) is 2.82. The minimum atomic E-state index is -0.556. The maximum Gasteiger partial charge on any atom is 0.240 e. The number of rotatable bonds is 4. The summed E-state index contributed by atoms with van der Waals surface area (Å²) in [7, 11) is 0. The molecule has 0 aliphatic heterocycles. The highest BCUT2D eigenvalue weighted by molar-refractivity contribution is 7.11. The number of carbonyl (C=O) groups excluding carboxylic acids is 1. The van der Waals surface area contributed by atoms with Crippen molar-refractivity contribution in [1.82, 2.24) is 5.32 Å². The van der Waals surface area contributed by atoms with Gasteiger partial charge in [0.05, 0.1) is 5.54 Å². The van der Waals surface area contributed by atoms with E-state index in [1.165, 1.54) is 9.75 Å². The molecule has 0 bridgehead atoms. The standard InChI is InChI=1S/C12H18N2OS.ClH/c1-8(7-10-4-3-9(2)16-10)14-11(15)12(13)5-6-12;/h3-4,8H,5-7,13H2,1-2H3,(H,14,15);1H. The molecule has 3 nitrogen and oxygen atoms in total.